The minimum atomic E-state index is -0.554. The van der Waals surface area contributed by atoms with E-state index < -0.39 is 16.2 Å². The number of hydroxylamine groups is 1. The summed E-state index contributed by atoms with van der Waals surface area (Å²) in [4.78, 5) is 19.6. The molecule has 0 amide bonds. The predicted molar refractivity (Wildman–Crippen MR) is 189 cm³/mol. The van der Waals surface area contributed by atoms with E-state index in [9.17, 15) is 9.90 Å². The highest BCUT2D eigenvalue weighted by atomic mass is 16.5. The van der Waals surface area contributed by atoms with Crippen LogP contribution in [0.5, 0.6) is 0 Å². The summed E-state index contributed by atoms with van der Waals surface area (Å²) in [5.74, 6) is 0.602. The number of nitrogens with zero attached hydrogens (tertiary/aromatic N) is 6. The van der Waals surface area contributed by atoms with E-state index in [-0.39, 0.29) is 55.1 Å². The van der Waals surface area contributed by atoms with Gasteiger partial charge >= 0.3 is 0 Å². The van der Waals surface area contributed by atoms with Crippen LogP contribution >= 0.6 is 0 Å². The van der Waals surface area contributed by atoms with Gasteiger partial charge in [0.05, 0.1) is 50.8 Å². The third-order valence-electron chi connectivity index (χ3n) is 11.0. The van der Waals surface area contributed by atoms with E-state index in [1.165, 1.54) is 20.0 Å². The average molecular weight is 682 g/mol. The van der Waals surface area contributed by atoms with Gasteiger partial charge in [0, 0.05) is 42.5 Å². The maximum absolute atomic E-state index is 12.6. The number of allylic oxidation sites excluding steroid dienone is 4. The summed E-state index contributed by atoms with van der Waals surface area (Å²) in [6, 6.07) is 0. The Morgan fingerprint density at radius 1 is 0.918 bits per heavy atom. The topological polar surface area (TPSA) is 154 Å². The second-order valence-corrected chi connectivity index (χ2v) is 14.6. The Kier molecular flexibility index (Phi) is 12.4. The number of aliphatic hydroxyl groups is 3. The van der Waals surface area contributed by atoms with E-state index in [2.05, 4.69) is 28.6 Å². The molecule has 12 nitrogen and oxygen atoms in total. The number of ketones is 1. The zero-order valence-corrected chi connectivity index (χ0v) is 29.6. The van der Waals surface area contributed by atoms with E-state index in [1.54, 1.807) is 14.8 Å². The Labute approximate surface area is 293 Å². The monoisotopic (exact) mass is 681 g/mol. The van der Waals surface area contributed by atoms with Crippen LogP contribution in [0.25, 0.3) is 9.69 Å². The molecule has 49 heavy (non-hydrogen) atoms. The highest BCUT2D eigenvalue weighted by Crippen LogP contribution is 2.58. The first-order valence-corrected chi connectivity index (χ1v) is 16.2. The standard InChI is InChI=1S/C17H23N3O2.C17H21N3O2.CH5NO.2CH4/c2*1-16(2)13-6-5-11-10-20(7-8-21)19-14(11)17(13,3)9-12(18-4)15(16)22;1-2-3;;/h10,13,21-22H,5-9H2,1-3H3;9-10,13,21H,5-8H2,1-3H3;2-3H,1H3;2*1H4/t2*13-,17-;;;/m00.../s1/i;;;1T;. The molecule has 2 heterocycles. The van der Waals surface area contributed by atoms with Gasteiger partial charge in [0.25, 0.3) is 0 Å². The van der Waals surface area contributed by atoms with Crippen LogP contribution in [0.4, 0.5) is 0 Å². The molecule has 4 aliphatic carbocycles. The van der Waals surface area contributed by atoms with Gasteiger partial charge in [-0.15, -0.1) is 0 Å². The Morgan fingerprint density at radius 2 is 1.41 bits per heavy atom. The lowest BCUT2D eigenvalue weighted by atomic mass is 9.53. The van der Waals surface area contributed by atoms with Crippen LogP contribution in [-0.4, -0.2) is 66.1 Å². The van der Waals surface area contributed by atoms with E-state index in [0.29, 0.717) is 25.2 Å². The molecule has 5 N–H and O–H groups in total. The fraction of sp³-hybridized carbons (Fsp3) is 0.649. The number of Topliss-reactive ketones (excluding diaryl/α,β-unsaturated/α-hetero) is 1. The predicted octanol–water partition coefficient (Wildman–Crippen LogP) is 5.79. The molecule has 270 valence electrons. The van der Waals surface area contributed by atoms with Gasteiger partial charge in [-0.25, -0.2) is 15.2 Å². The van der Waals surface area contributed by atoms with Crippen molar-refractivity contribution < 1.29 is 26.7 Å². The number of carbonyl (C=O) groups is 1. The van der Waals surface area contributed by atoms with Gasteiger partial charge in [0.1, 0.15) is 5.76 Å². The van der Waals surface area contributed by atoms with Crippen LogP contribution < -0.4 is 5.48 Å². The maximum Gasteiger partial charge on any atom is 0.226 e. The molecule has 6 rings (SSSR count). The smallest absolute Gasteiger partial charge is 0.226 e. The summed E-state index contributed by atoms with van der Waals surface area (Å²) in [7, 11) is 2.68. The van der Waals surface area contributed by atoms with Crippen molar-refractivity contribution in [2.45, 2.75) is 112 Å². The lowest BCUT2D eigenvalue weighted by molar-refractivity contribution is -0.128. The Morgan fingerprint density at radius 3 is 1.90 bits per heavy atom. The van der Waals surface area contributed by atoms with Crippen LogP contribution in [0, 0.1) is 35.8 Å². The largest absolute Gasteiger partial charge is 0.523 e. The minimum absolute atomic E-state index is 0. The molecule has 12 heteroatoms. The molecular weight excluding hydrogens is 622 g/mol. The van der Waals surface area contributed by atoms with Crippen molar-refractivity contribution in [1.29, 1.82) is 0 Å². The number of aryl methyl sites for hydroxylation is 2. The first kappa shape index (κ1) is 39.6. The molecule has 4 aliphatic rings. The van der Waals surface area contributed by atoms with Crippen molar-refractivity contribution in [1.82, 2.24) is 25.0 Å². The van der Waals surface area contributed by atoms with Gasteiger partial charge in [0.15, 0.2) is 5.78 Å². The van der Waals surface area contributed by atoms with Gasteiger partial charge in [-0.05, 0) is 55.1 Å². The van der Waals surface area contributed by atoms with Gasteiger partial charge in [0.2, 0.25) is 11.4 Å². The molecular formula is C37H57N7O5. The third-order valence-corrected chi connectivity index (χ3v) is 11.0. The van der Waals surface area contributed by atoms with Crippen molar-refractivity contribution >= 4 is 5.78 Å². The number of hydrogen-bond donors (Lipinski definition) is 5. The van der Waals surface area contributed by atoms with Crippen LogP contribution in [-0.2, 0) is 41.6 Å². The van der Waals surface area contributed by atoms with Crippen molar-refractivity contribution in [2.24, 2.45) is 22.7 Å². The molecule has 0 radical (unpaired) electrons. The van der Waals surface area contributed by atoms with E-state index in [4.69, 9.17) is 35.0 Å². The second-order valence-electron chi connectivity index (χ2n) is 14.6. The van der Waals surface area contributed by atoms with E-state index in [1.807, 2.05) is 46.2 Å². The zero-order chi connectivity index (χ0) is 36.9. The molecule has 2 aromatic heterocycles. The number of rotatable bonds is 4. The van der Waals surface area contributed by atoms with Crippen LogP contribution in [0.15, 0.2) is 35.6 Å². The first-order chi connectivity index (χ1) is 23.1. The van der Waals surface area contributed by atoms with Crippen molar-refractivity contribution in [3.63, 3.8) is 0 Å². The Balaban J connectivity index is 0.000000302. The number of fused-ring (bicyclic) bond motifs is 6. The van der Waals surface area contributed by atoms with Gasteiger partial charge in [-0.3, -0.25) is 9.36 Å². The molecule has 2 aromatic rings. The minimum Gasteiger partial charge on any atom is -0.523 e. The van der Waals surface area contributed by atoms with Crippen LogP contribution in [0.2, 0.25) is 0 Å². The SMILES string of the molecule is C.CNO.[3H]C.[C-]#[N+]C1=C(O)C(C)(C)[C@@H]2CCc3cn(CCO)nc3[C@@]2(C)C1.[C-]#[N+]C1=C[C@]2(C)c3nn(CCO)cc3CC[C@H]2C(C)(C)C1=O. The highest BCUT2D eigenvalue weighted by Gasteiger charge is 2.56. The number of aliphatic hydroxyl groups excluding tert-OH is 3. The van der Waals surface area contributed by atoms with Crippen molar-refractivity contribution in [3.05, 3.63) is 81.0 Å². The number of nitrogens with one attached hydrogen (secondary N) is 1. The molecule has 0 bridgehead atoms. The summed E-state index contributed by atoms with van der Waals surface area (Å²) < 4.78 is 9.33. The van der Waals surface area contributed by atoms with Crippen molar-refractivity contribution in [2.75, 3.05) is 20.3 Å². The molecule has 0 aliphatic heterocycles. The number of carbonyl (C=O) groups excluding carboxylic acids is 1. The quantitative estimate of drug-likeness (QED) is 0.201. The van der Waals surface area contributed by atoms with Crippen molar-refractivity contribution in [3.8, 4) is 0 Å². The van der Waals surface area contributed by atoms with Gasteiger partial charge in [-0.1, -0.05) is 62.4 Å². The molecule has 4 atom stereocenters. The van der Waals surface area contributed by atoms with Gasteiger partial charge in [-0.2, -0.15) is 10.2 Å². The fourth-order valence-electron chi connectivity index (χ4n) is 8.83. The van der Waals surface area contributed by atoms with E-state index >= 15 is 0 Å². The second kappa shape index (κ2) is 15.4. The lowest BCUT2D eigenvalue weighted by Gasteiger charge is -2.51. The number of aromatic nitrogens is 4. The van der Waals surface area contributed by atoms with Crippen LogP contribution in [0.1, 0.15) is 99.5 Å². The normalized spacial score (nSPS) is 27.0. The molecule has 0 fully saturated rings. The summed E-state index contributed by atoms with van der Waals surface area (Å²) in [6.45, 7) is 28.0. The summed E-state index contributed by atoms with van der Waals surface area (Å²) >= 11 is 0. The number of hydrogen-bond acceptors (Lipinski definition) is 8. The maximum atomic E-state index is 12.6. The zero-order valence-electron chi connectivity index (χ0n) is 30.6. The Bertz CT molecular complexity index is 1660. The summed E-state index contributed by atoms with van der Waals surface area (Å²) in [5, 5.41) is 45.4. The van der Waals surface area contributed by atoms with Crippen LogP contribution in [0.3, 0.4) is 0 Å². The molecule has 0 spiro atoms. The molecule has 0 unspecified atom stereocenters. The molecule has 0 saturated heterocycles. The van der Waals surface area contributed by atoms with Gasteiger partial charge < -0.3 is 25.3 Å². The Hall–Kier alpha value is -3.81. The lowest BCUT2D eigenvalue weighted by Crippen LogP contribution is -2.50. The highest BCUT2D eigenvalue weighted by molar-refractivity contribution is 6.02. The average Bonchev–Trinajstić information content (AvgIpc) is 3.68. The third kappa shape index (κ3) is 6.98. The first-order valence-electron chi connectivity index (χ1n) is 17.2. The fourth-order valence-corrected chi connectivity index (χ4v) is 8.83. The molecule has 0 saturated carbocycles. The summed E-state index contributed by atoms with van der Waals surface area (Å²) in [6.07, 6.45) is 10.1. The summed E-state index contributed by atoms with van der Waals surface area (Å²) in [5.41, 5.74) is 5.23. The molecule has 0 aromatic carbocycles. The van der Waals surface area contributed by atoms with E-state index in [0.717, 1.165) is 42.6 Å².